The molecule has 0 amide bonds. The van der Waals surface area contributed by atoms with Crippen LogP contribution in [0.5, 0.6) is 0 Å². The maximum atomic E-state index is 11.8. The van der Waals surface area contributed by atoms with Crippen molar-refractivity contribution in [1.82, 2.24) is 0 Å². The van der Waals surface area contributed by atoms with Gasteiger partial charge in [0, 0.05) is 5.69 Å². The van der Waals surface area contributed by atoms with Gasteiger partial charge in [0.1, 0.15) is 0 Å². The predicted molar refractivity (Wildman–Crippen MR) is 80.7 cm³/mol. The van der Waals surface area contributed by atoms with E-state index in [1.807, 2.05) is 30.3 Å². The summed E-state index contributed by atoms with van der Waals surface area (Å²) >= 11 is 1.68. The van der Waals surface area contributed by atoms with Gasteiger partial charge in [0.15, 0.2) is 15.0 Å². The summed E-state index contributed by atoms with van der Waals surface area (Å²) in [7, 11) is -2.94. The van der Waals surface area contributed by atoms with Gasteiger partial charge in [-0.2, -0.15) is 0 Å². The van der Waals surface area contributed by atoms with Crippen molar-refractivity contribution >= 4 is 32.5 Å². The van der Waals surface area contributed by atoms with Gasteiger partial charge in [0.2, 0.25) is 0 Å². The summed E-state index contributed by atoms with van der Waals surface area (Å²) < 4.78 is 23.6. The van der Waals surface area contributed by atoms with E-state index in [2.05, 4.69) is 16.8 Å². The highest BCUT2D eigenvalue weighted by Gasteiger charge is 2.46. The average molecular weight is 296 g/mol. The van der Waals surface area contributed by atoms with Crippen LogP contribution >= 0.6 is 11.8 Å². The lowest BCUT2D eigenvalue weighted by Crippen LogP contribution is -2.39. The van der Waals surface area contributed by atoms with E-state index in [1.165, 1.54) is 0 Å². The molecule has 1 fully saturated rings. The van der Waals surface area contributed by atoms with E-state index in [0.717, 1.165) is 16.6 Å². The van der Waals surface area contributed by atoms with E-state index in [9.17, 15) is 8.42 Å². The Hall–Kier alpha value is -1.01. The van der Waals surface area contributed by atoms with Crippen LogP contribution in [0.4, 0.5) is 5.69 Å². The molecule has 0 spiro atoms. The third kappa shape index (κ3) is 2.39. The van der Waals surface area contributed by atoms with Gasteiger partial charge in [-0.05, 0) is 17.9 Å². The standard InChI is InChI=1S/C13H16N2O2S2/c1-2-18-13-14-11-8-19(16,17)9-12(11)15(13)10-6-4-3-5-7-10/h3-7,11-12H,2,8-9H2,1H3/t11-,12-/m1/s1. The van der Waals surface area contributed by atoms with E-state index in [0.29, 0.717) is 0 Å². The van der Waals surface area contributed by atoms with E-state index < -0.39 is 9.84 Å². The number of anilines is 1. The third-order valence-corrected chi connectivity index (χ3v) is 5.96. The third-order valence-electron chi connectivity index (χ3n) is 3.42. The Bertz CT molecular complexity index is 598. The molecule has 2 atom stereocenters. The molecular formula is C13H16N2O2S2. The lowest BCUT2D eigenvalue weighted by atomic mass is 10.1. The number of amidine groups is 1. The number of thioether (sulfide) groups is 1. The van der Waals surface area contributed by atoms with Gasteiger partial charge >= 0.3 is 0 Å². The normalized spacial score (nSPS) is 28.3. The molecule has 4 nitrogen and oxygen atoms in total. The summed E-state index contributed by atoms with van der Waals surface area (Å²) in [6.45, 7) is 2.08. The van der Waals surface area contributed by atoms with Gasteiger partial charge in [-0.1, -0.05) is 36.9 Å². The van der Waals surface area contributed by atoms with Crippen LogP contribution in [0.25, 0.3) is 0 Å². The first kappa shape index (κ1) is 13.0. The van der Waals surface area contributed by atoms with E-state index in [1.54, 1.807) is 11.8 Å². The molecule has 6 heteroatoms. The SMILES string of the molecule is CCSC1=N[C@@H]2CS(=O)(=O)C[C@H]2N1c1ccccc1. The summed E-state index contributed by atoms with van der Waals surface area (Å²) in [5.74, 6) is 1.34. The Kier molecular flexibility index (Phi) is 3.30. The molecular weight excluding hydrogens is 280 g/mol. The van der Waals surface area contributed by atoms with Crippen LogP contribution in [-0.2, 0) is 9.84 Å². The Morgan fingerprint density at radius 1 is 1.32 bits per heavy atom. The fourth-order valence-corrected chi connectivity index (χ4v) is 5.35. The zero-order chi connectivity index (χ0) is 13.5. The fraction of sp³-hybridized carbons (Fsp3) is 0.462. The lowest BCUT2D eigenvalue weighted by molar-refractivity contribution is 0.601. The summed E-state index contributed by atoms with van der Waals surface area (Å²) in [4.78, 5) is 6.72. The van der Waals surface area contributed by atoms with Gasteiger partial charge in [-0.15, -0.1) is 0 Å². The number of nitrogens with zero attached hydrogens (tertiary/aromatic N) is 2. The Labute approximate surface area is 117 Å². The summed E-state index contributed by atoms with van der Waals surface area (Å²) in [6.07, 6.45) is 0. The molecule has 19 heavy (non-hydrogen) atoms. The number of sulfone groups is 1. The van der Waals surface area contributed by atoms with Crippen LogP contribution in [0.2, 0.25) is 0 Å². The molecule has 0 bridgehead atoms. The second kappa shape index (κ2) is 4.83. The van der Waals surface area contributed by atoms with Crippen molar-refractivity contribution < 1.29 is 8.42 Å². The second-order valence-electron chi connectivity index (χ2n) is 4.76. The molecule has 0 saturated carbocycles. The predicted octanol–water partition coefficient (Wildman–Crippen LogP) is 1.78. The molecule has 0 aromatic heterocycles. The summed E-state index contributed by atoms with van der Waals surface area (Å²) in [6, 6.07) is 9.81. The molecule has 2 heterocycles. The second-order valence-corrected chi connectivity index (χ2v) is 8.15. The topological polar surface area (TPSA) is 49.7 Å². The Balaban J connectivity index is 1.98. The highest BCUT2D eigenvalue weighted by atomic mass is 32.2. The molecule has 0 N–H and O–H groups in total. The van der Waals surface area contributed by atoms with Crippen molar-refractivity contribution in [2.75, 3.05) is 22.2 Å². The maximum absolute atomic E-state index is 11.8. The first-order chi connectivity index (χ1) is 9.11. The molecule has 0 unspecified atom stereocenters. The minimum atomic E-state index is -2.94. The molecule has 1 saturated heterocycles. The van der Waals surface area contributed by atoms with Crippen molar-refractivity contribution in [2.24, 2.45) is 4.99 Å². The summed E-state index contributed by atoms with van der Waals surface area (Å²) in [5.41, 5.74) is 1.03. The number of hydrogen-bond acceptors (Lipinski definition) is 5. The van der Waals surface area contributed by atoms with E-state index in [-0.39, 0.29) is 23.6 Å². The number of para-hydroxylation sites is 1. The lowest BCUT2D eigenvalue weighted by Gasteiger charge is -2.26. The molecule has 1 aromatic carbocycles. The van der Waals surface area contributed by atoms with Crippen LogP contribution in [-0.4, -0.2) is 42.9 Å². The maximum Gasteiger partial charge on any atom is 0.164 e. The first-order valence-corrected chi connectivity index (χ1v) is 9.17. The molecule has 0 radical (unpaired) electrons. The van der Waals surface area contributed by atoms with Gasteiger partial charge in [0.25, 0.3) is 0 Å². The zero-order valence-electron chi connectivity index (χ0n) is 10.7. The molecule has 0 aliphatic carbocycles. The van der Waals surface area contributed by atoms with Gasteiger partial charge in [-0.25, -0.2) is 8.42 Å². The van der Waals surface area contributed by atoms with Crippen molar-refractivity contribution in [3.63, 3.8) is 0 Å². The number of hydrogen-bond donors (Lipinski definition) is 0. The van der Waals surface area contributed by atoms with E-state index in [4.69, 9.17) is 0 Å². The number of benzene rings is 1. The number of rotatable bonds is 2. The zero-order valence-corrected chi connectivity index (χ0v) is 12.3. The van der Waals surface area contributed by atoms with Gasteiger partial charge < -0.3 is 4.90 Å². The van der Waals surface area contributed by atoms with Crippen LogP contribution in [0.15, 0.2) is 35.3 Å². The summed E-state index contributed by atoms with van der Waals surface area (Å²) in [5, 5.41) is 0.957. The number of aliphatic imine (C=N–C) groups is 1. The van der Waals surface area contributed by atoms with Crippen LogP contribution in [0.3, 0.4) is 0 Å². The van der Waals surface area contributed by atoms with Crippen molar-refractivity contribution in [2.45, 2.75) is 19.0 Å². The molecule has 102 valence electrons. The van der Waals surface area contributed by atoms with Crippen molar-refractivity contribution in [1.29, 1.82) is 0 Å². The van der Waals surface area contributed by atoms with Crippen LogP contribution in [0, 0.1) is 0 Å². The van der Waals surface area contributed by atoms with E-state index >= 15 is 0 Å². The highest BCUT2D eigenvalue weighted by Crippen LogP contribution is 2.34. The number of fused-ring (bicyclic) bond motifs is 1. The monoisotopic (exact) mass is 296 g/mol. The quantitative estimate of drug-likeness (QED) is 0.835. The molecule has 2 aliphatic rings. The average Bonchev–Trinajstić information content (AvgIpc) is 2.82. The largest absolute Gasteiger partial charge is 0.315 e. The minimum absolute atomic E-state index is 0.0264. The van der Waals surface area contributed by atoms with Gasteiger partial charge in [-0.3, -0.25) is 4.99 Å². The highest BCUT2D eigenvalue weighted by molar-refractivity contribution is 8.14. The van der Waals surface area contributed by atoms with Gasteiger partial charge in [0.05, 0.1) is 23.6 Å². The van der Waals surface area contributed by atoms with Crippen LogP contribution < -0.4 is 4.90 Å². The van der Waals surface area contributed by atoms with Crippen LogP contribution in [0.1, 0.15) is 6.92 Å². The Morgan fingerprint density at radius 3 is 2.74 bits per heavy atom. The smallest absolute Gasteiger partial charge is 0.164 e. The van der Waals surface area contributed by atoms with Crippen molar-refractivity contribution in [3.05, 3.63) is 30.3 Å². The molecule has 2 aliphatic heterocycles. The minimum Gasteiger partial charge on any atom is -0.315 e. The molecule has 1 aromatic rings. The van der Waals surface area contributed by atoms with Crippen molar-refractivity contribution in [3.8, 4) is 0 Å². The molecule has 3 rings (SSSR count). The fourth-order valence-electron chi connectivity index (χ4n) is 2.65. The Morgan fingerprint density at radius 2 is 2.05 bits per heavy atom. The first-order valence-electron chi connectivity index (χ1n) is 6.36.